The molecule has 0 atom stereocenters. The summed E-state index contributed by atoms with van der Waals surface area (Å²) in [5.41, 5.74) is 4.15. The van der Waals surface area contributed by atoms with Crippen LogP contribution in [0.15, 0.2) is 35.4 Å². The third-order valence-electron chi connectivity index (χ3n) is 6.54. The van der Waals surface area contributed by atoms with E-state index in [1.54, 1.807) is 23.1 Å². The van der Waals surface area contributed by atoms with Crippen LogP contribution >= 0.6 is 11.6 Å². The van der Waals surface area contributed by atoms with Crippen molar-refractivity contribution in [2.75, 3.05) is 13.1 Å². The average Bonchev–Trinajstić information content (AvgIpc) is 3.44. The normalized spacial score (nSPS) is 14.4. The first-order valence-electron chi connectivity index (χ1n) is 12.0. The number of phenolic OH excluding ortho intramolecular Hbond substituents is 1. The molecule has 0 saturated carbocycles. The number of nitrogens with zero attached hydrogens (tertiary/aromatic N) is 5. The maximum absolute atomic E-state index is 13.2. The Bertz CT molecular complexity index is 1430. The maximum Gasteiger partial charge on any atom is 0.262 e. The van der Waals surface area contributed by atoms with Gasteiger partial charge in [-0.15, -0.1) is 0 Å². The van der Waals surface area contributed by atoms with E-state index in [9.17, 15) is 9.90 Å². The molecular formula is C26H29ClN6O2. The molecule has 182 valence electrons. The van der Waals surface area contributed by atoms with Gasteiger partial charge in [0.05, 0.1) is 16.4 Å². The van der Waals surface area contributed by atoms with Crippen LogP contribution < -0.4 is 5.56 Å². The predicted molar refractivity (Wildman–Crippen MR) is 137 cm³/mol. The zero-order valence-corrected chi connectivity index (χ0v) is 20.9. The van der Waals surface area contributed by atoms with Crippen molar-refractivity contribution in [3.63, 3.8) is 0 Å². The maximum atomic E-state index is 13.2. The smallest absolute Gasteiger partial charge is 0.262 e. The minimum absolute atomic E-state index is 0.0218. The van der Waals surface area contributed by atoms with Crippen LogP contribution in [0.3, 0.4) is 0 Å². The van der Waals surface area contributed by atoms with Crippen molar-refractivity contribution in [1.82, 2.24) is 29.6 Å². The Morgan fingerprint density at radius 1 is 1.20 bits per heavy atom. The molecule has 1 aliphatic rings. The summed E-state index contributed by atoms with van der Waals surface area (Å²) in [5, 5.41) is 16.3. The van der Waals surface area contributed by atoms with Crippen molar-refractivity contribution in [2.24, 2.45) is 0 Å². The highest BCUT2D eigenvalue weighted by molar-refractivity contribution is 6.32. The lowest BCUT2D eigenvalue weighted by Crippen LogP contribution is -2.18. The lowest BCUT2D eigenvalue weighted by Gasteiger charge is -2.16. The minimum atomic E-state index is -0.238. The SMILES string of the molecule is Cc1cncc(Cl)c1-n1nc(C(C)C)c2c(=O)[nH]c(Cc3ccc(CN4CCCC4)c(O)c3)nc21. The molecule has 4 heterocycles. The van der Waals surface area contributed by atoms with E-state index in [1.807, 2.05) is 32.9 Å². The molecule has 1 aromatic carbocycles. The molecule has 0 aliphatic carbocycles. The molecule has 0 bridgehead atoms. The van der Waals surface area contributed by atoms with Gasteiger partial charge >= 0.3 is 0 Å². The molecule has 0 radical (unpaired) electrons. The summed E-state index contributed by atoms with van der Waals surface area (Å²) in [4.78, 5) is 27.4. The van der Waals surface area contributed by atoms with Crippen LogP contribution in [0.2, 0.25) is 5.02 Å². The Kier molecular flexibility index (Phi) is 6.34. The van der Waals surface area contributed by atoms with E-state index >= 15 is 0 Å². The van der Waals surface area contributed by atoms with Gasteiger partial charge in [0.15, 0.2) is 5.65 Å². The monoisotopic (exact) mass is 492 g/mol. The molecule has 1 aliphatic heterocycles. The number of fused-ring (bicyclic) bond motifs is 1. The second kappa shape index (κ2) is 9.43. The Hall–Kier alpha value is -3.23. The molecule has 8 nitrogen and oxygen atoms in total. The van der Waals surface area contributed by atoms with Crippen LogP contribution in [0.5, 0.6) is 5.75 Å². The number of hydrogen-bond acceptors (Lipinski definition) is 6. The number of pyridine rings is 1. The van der Waals surface area contributed by atoms with Crippen molar-refractivity contribution in [3.05, 3.63) is 74.2 Å². The van der Waals surface area contributed by atoms with Crippen LogP contribution in [-0.4, -0.2) is 47.8 Å². The van der Waals surface area contributed by atoms with Gasteiger partial charge in [0.1, 0.15) is 17.0 Å². The summed E-state index contributed by atoms with van der Waals surface area (Å²) in [6.07, 6.45) is 6.06. The van der Waals surface area contributed by atoms with Gasteiger partial charge in [-0.25, -0.2) is 9.67 Å². The average molecular weight is 493 g/mol. The Balaban J connectivity index is 1.55. The van der Waals surface area contributed by atoms with E-state index in [1.165, 1.54) is 12.8 Å². The zero-order valence-electron chi connectivity index (χ0n) is 20.2. The zero-order chi connectivity index (χ0) is 24.7. The van der Waals surface area contributed by atoms with Crippen LogP contribution in [0.25, 0.3) is 16.7 Å². The standard InChI is InChI=1S/C26H29ClN6O2/c1-15(2)23-22-25(33(31-23)24-16(3)12-28-13-19(24)27)29-21(30-26(22)35)11-17-6-7-18(20(34)10-17)14-32-8-4-5-9-32/h6-7,10,12-13,15,34H,4-5,8-9,11,14H2,1-3H3,(H,29,30,35). The summed E-state index contributed by atoms with van der Waals surface area (Å²) in [6, 6.07) is 5.70. The molecule has 0 amide bonds. The molecule has 1 saturated heterocycles. The highest BCUT2D eigenvalue weighted by Gasteiger charge is 2.22. The molecule has 0 unspecified atom stereocenters. The molecule has 3 aromatic heterocycles. The first-order chi connectivity index (χ1) is 16.8. The van der Waals surface area contributed by atoms with Crippen LogP contribution in [0, 0.1) is 6.92 Å². The van der Waals surface area contributed by atoms with Crippen LogP contribution in [0.4, 0.5) is 0 Å². The van der Waals surface area contributed by atoms with Crippen molar-refractivity contribution >= 4 is 22.6 Å². The highest BCUT2D eigenvalue weighted by Crippen LogP contribution is 2.29. The van der Waals surface area contributed by atoms with Gasteiger partial charge in [-0.05, 0) is 56.0 Å². The number of hydrogen-bond donors (Lipinski definition) is 2. The summed E-state index contributed by atoms with van der Waals surface area (Å²) < 4.78 is 1.65. The predicted octanol–water partition coefficient (Wildman–Crippen LogP) is 4.48. The van der Waals surface area contributed by atoms with Crippen LogP contribution in [0.1, 0.15) is 60.8 Å². The van der Waals surface area contributed by atoms with Gasteiger partial charge in [-0.3, -0.25) is 14.7 Å². The molecule has 9 heteroatoms. The number of likely N-dealkylation sites (tertiary alicyclic amines) is 1. The number of nitrogens with one attached hydrogen (secondary N) is 1. The molecule has 1 fully saturated rings. The van der Waals surface area contributed by atoms with Crippen molar-refractivity contribution in [2.45, 2.75) is 52.5 Å². The minimum Gasteiger partial charge on any atom is -0.508 e. The van der Waals surface area contributed by atoms with Gasteiger partial charge in [0.25, 0.3) is 5.56 Å². The van der Waals surface area contributed by atoms with Gasteiger partial charge in [-0.1, -0.05) is 37.6 Å². The number of benzene rings is 1. The number of rotatable bonds is 6. The third kappa shape index (κ3) is 4.56. The number of H-pyrrole nitrogens is 1. The second-order valence-electron chi connectivity index (χ2n) is 9.57. The lowest BCUT2D eigenvalue weighted by molar-refractivity contribution is 0.324. The topological polar surface area (TPSA) is 99.9 Å². The molecule has 0 spiro atoms. The first kappa shape index (κ1) is 23.5. The molecular weight excluding hydrogens is 464 g/mol. The van der Waals surface area contributed by atoms with Crippen LogP contribution in [-0.2, 0) is 13.0 Å². The first-order valence-corrected chi connectivity index (χ1v) is 12.3. The van der Waals surface area contributed by atoms with Gasteiger partial charge in [0, 0.05) is 30.9 Å². The Morgan fingerprint density at radius 3 is 2.66 bits per heavy atom. The lowest BCUT2D eigenvalue weighted by atomic mass is 10.1. The van der Waals surface area contributed by atoms with Gasteiger partial charge < -0.3 is 10.1 Å². The number of aryl methyl sites for hydroxylation is 1. The number of aromatic hydroxyl groups is 1. The molecule has 2 N–H and O–H groups in total. The Morgan fingerprint density at radius 2 is 1.97 bits per heavy atom. The number of phenols is 1. The quantitative estimate of drug-likeness (QED) is 0.411. The molecule has 4 aromatic rings. The van der Waals surface area contributed by atoms with E-state index in [4.69, 9.17) is 21.7 Å². The fourth-order valence-corrected chi connectivity index (χ4v) is 5.05. The fraction of sp³-hybridized carbons (Fsp3) is 0.385. The van der Waals surface area contributed by atoms with Gasteiger partial charge in [0.2, 0.25) is 0 Å². The second-order valence-corrected chi connectivity index (χ2v) is 9.98. The summed E-state index contributed by atoms with van der Waals surface area (Å²) in [6.45, 7) is 8.77. The number of aromatic amines is 1. The van der Waals surface area contributed by atoms with Crippen molar-refractivity contribution in [3.8, 4) is 11.4 Å². The van der Waals surface area contributed by atoms with Crippen molar-refractivity contribution < 1.29 is 5.11 Å². The number of halogens is 1. The van der Waals surface area contributed by atoms with E-state index in [0.717, 1.165) is 36.3 Å². The Labute approximate surface area is 208 Å². The fourth-order valence-electron chi connectivity index (χ4n) is 4.76. The summed E-state index contributed by atoms with van der Waals surface area (Å²) in [5.74, 6) is 0.783. The summed E-state index contributed by atoms with van der Waals surface area (Å²) >= 11 is 6.49. The van der Waals surface area contributed by atoms with E-state index in [2.05, 4.69) is 14.9 Å². The van der Waals surface area contributed by atoms with Gasteiger partial charge in [-0.2, -0.15) is 5.10 Å². The van der Waals surface area contributed by atoms with Crippen molar-refractivity contribution in [1.29, 1.82) is 0 Å². The molecule has 5 rings (SSSR count). The third-order valence-corrected chi connectivity index (χ3v) is 6.82. The molecule has 35 heavy (non-hydrogen) atoms. The highest BCUT2D eigenvalue weighted by atomic mass is 35.5. The number of aromatic nitrogens is 5. The summed E-state index contributed by atoms with van der Waals surface area (Å²) in [7, 11) is 0. The van der Waals surface area contributed by atoms with E-state index in [-0.39, 0.29) is 17.2 Å². The largest absolute Gasteiger partial charge is 0.508 e. The van der Waals surface area contributed by atoms with E-state index in [0.29, 0.717) is 39.7 Å². The van der Waals surface area contributed by atoms with E-state index < -0.39 is 0 Å².